The summed E-state index contributed by atoms with van der Waals surface area (Å²) < 4.78 is 50.3. The third-order valence-electron chi connectivity index (χ3n) is 3.28. The normalized spacial score (nSPS) is 11.6. The summed E-state index contributed by atoms with van der Waals surface area (Å²) in [6.45, 7) is 0. The Kier molecular flexibility index (Phi) is 4.04. The third-order valence-corrected chi connectivity index (χ3v) is 4.51. The molecule has 2 aromatic carbocycles. The first-order chi connectivity index (χ1) is 11.4. The van der Waals surface area contributed by atoms with Crippen molar-refractivity contribution in [2.24, 2.45) is 0 Å². The lowest BCUT2D eigenvalue weighted by molar-refractivity contribution is 0.0947. The molecule has 0 atom stereocenters. The molecule has 6 nitrogen and oxygen atoms in total. The molecule has 124 valence electrons. The van der Waals surface area contributed by atoms with Crippen LogP contribution in [0.2, 0.25) is 0 Å². The van der Waals surface area contributed by atoms with Gasteiger partial charge in [0.2, 0.25) is 0 Å². The lowest BCUT2D eigenvalue weighted by atomic mass is 10.2. The molecule has 3 aromatic rings. The number of H-pyrrole nitrogens is 1. The number of amides is 1. The van der Waals surface area contributed by atoms with Gasteiger partial charge in [-0.1, -0.05) is 18.2 Å². The summed E-state index contributed by atoms with van der Waals surface area (Å²) in [4.78, 5) is 16.2. The van der Waals surface area contributed by atoms with Gasteiger partial charge in [0.1, 0.15) is 11.6 Å². The molecule has 0 aliphatic heterocycles. The molecule has 9 heteroatoms. The Hall–Kier alpha value is -2.78. The highest BCUT2D eigenvalue weighted by atomic mass is 32.2. The van der Waals surface area contributed by atoms with Crippen molar-refractivity contribution in [1.82, 2.24) is 15.2 Å². The molecule has 0 bridgehead atoms. The second kappa shape index (κ2) is 6.02. The number of hydrogen-bond acceptors (Lipinski definition) is 3. The lowest BCUT2D eigenvalue weighted by Crippen LogP contribution is -2.41. The second-order valence-corrected chi connectivity index (χ2v) is 6.60. The zero-order chi connectivity index (χ0) is 17.3. The van der Waals surface area contributed by atoms with Crippen molar-refractivity contribution < 1.29 is 22.0 Å². The molecule has 24 heavy (non-hydrogen) atoms. The molecule has 1 aromatic heterocycles. The van der Waals surface area contributed by atoms with Crippen LogP contribution in [0.5, 0.6) is 0 Å². The molecule has 3 N–H and O–H groups in total. The van der Waals surface area contributed by atoms with Crippen LogP contribution in [0.25, 0.3) is 10.9 Å². The van der Waals surface area contributed by atoms with Gasteiger partial charge in [-0.2, -0.15) is 0 Å². The molecule has 0 saturated heterocycles. The quantitative estimate of drug-likeness (QED) is 0.629. The third kappa shape index (κ3) is 3.12. The first kappa shape index (κ1) is 16.1. The number of nitrogens with one attached hydrogen (secondary N) is 3. The van der Waals surface area contributed by atoms with E-state index in [-0.39, 0.29) is 5.56 Å². The maximum atomic E-state index is 13.1. The van der Waals surface area contributed by atoms with Gasteiger partial charge in [0, 0.05) is 23.2 Å². The number of rotatable bonds is 4. The minimum absolute atomic E-state index is 0.221. The number of fused-ring (bicyclic) bond motifs is 1. The maximum absolute atomic E-state index is 13.1. The molecule has 3 rings (SSSR count). The van der Waals surface area contributed by atoms with Crippen LogP contribution in [-0.2, 0) is 10.0 Å². The number of halogens is 2. The maximum Gasteiger partial charge on any atom is 0.268 e. The fourth-order valence-corrected chi connectivity index (χ4v) is 3.06. The van der Waals surface area contributed by atoms with E-state index in [0.717, 1.165) is 0 Å². The Morgan fingerprint density at radius 3 is 2.42 bits per heavy atom. The zero-order valence-electron chi connectivity index (χ0n) is 12.0. The summed E-state index contributed by atoms with van der Waals surface area (Å²) in [7, 11) is -4.32. The van der Waals surface area contributed by atoms with Crippen LogP contribution >= 0.6 is 0 Å². The van der Waals surface area contributed by atoms with Gasteiger partial charge in [0.05, 0.1) is 10.5 Å². The predicted octanol–water partition coefficient (Wildman–Crippen LogP) is 2.07. The number of aromatic nitrogens is 1. The van der Waals surface area contributed by atoms with Crippen molar-refractivity contribution in [2.45, 2.75) is 4.90 Å². The van der Waals surface area contributed by atoms with E-state index in [1.54, 1.807) is 24.3 Å². The molecular weight excluding hydrogens is 340 g/mol. The Bertz CT molecular complexity index is 1010. The van der Waals surface area contributed by atoms with Gasteiger partial charge in [-0.15, -0.1) is 4.83 Å². The Morgan fingerprint density at radius 2 is 1.71 bits per heavy atom. The average Bonchev–Trinajstić information content (AvgIpc) is 2.96. The van der Waals surface area contributed by atoms with Crippen molar-refractivity contribution in [3.8, 4) is 0 Å². The topological polar surface area (TPSA) is 91.1 Å². The summed E-state index contributed by atoms with van der Waals surface area (Å²) in [6, 6.07) is 8.79. The van der Waals surface area contributed by atoms with E-state index >= 15 is 0 Å². The Labute approximate surface area is 135 Å². The van der Waals surface area contributed by atoms with E-state index < -0.39 is 32.5 Å². The highest BCUT2D eigenvalue weighted by molar-refractivity contribution is 7.89. The van der Waals surface area contributed by atoms with Crippen molar-refractivity contribution >= 4 is 26.8 Å². The van der Waals surface area contributed by atoms with Crippen molar-refractivity contribution in [1.29, 1.82) is 0 Å². The monoisotopic (exact) mass is 351 g/mol. The Morgan fingerprint density at radius 1 is 1.04 bits per heavy atom. The van der Waals surface area contributed by atoms with E-state index in [0.29, 0.717) is 29.1 Å². The van der Waals surface area contributed by atoms with Crippen LogP contribution in [0.4, 0.5) is 8.78 Å². The molecule has 0 aliphatic rings. The fraction of sp³-hybridized carbons (Fsp3) is 0. The number of para-hydroxylation sites is 1. The number of benzene rings is 2. The predicted molar refractivity (Wildman–Crippen MR) is 82.4 cm³/mol. The zero-order valence-corrected chi connectivity index (χ0v) is 12.8. The second-order valence-electron chi connectivity index (χ2n) is 4.91. The number of aromatic amines is 1. The summed E-state index contributed by atoms with van der Waals surface area (Å²) in [5, 5.41) is 0.603. The standard InChI is InChI=1S/C15H11F2N3O3S/c16-9-5-10(17)7-11(6-9)24(22,23)20-19-15(21)13-8-18-14-4-2-1-3-12(13)14/h1-8,18,20H,(H,19,21). The highest BCUT2D eigenvalue weighted by Crippen LogP contribution is 2.17. The summed E-state index contributed by atoms with van der Waals surface area (Å²) in [5.41, 5.74) is 2.94. The summed E-state index contributed by atoms with van der Waals surface area (Å²) >= 11 is 0. The SMILES string of the molecule is O=C(NNS(=O)(=O)c1cc(F)cc(F)c1)c1c[nH]c2ccccc12. The minimum atomic E-state index is -4.32. The van der Waals surface area contributed by atoms with E-state index in [4.69, 9.17) is 0 Å². The van der Waals surface area contributed by atoms with E-state index in [9.17, 15) is 22.0 Å². The summed E-state index contributed by atoms with van der Waals surface area (Å²) in [6.07, 6.45) is 1.43. The van der Waals surface area contributed by atoms with Gasteiger partial charge in [0.15, 0.2) is 0 Å². The van der Waals surface area contributed by atoms with Crippen molar-refractivity contribution in [2.75, 3.05) is 0 Å². The van der Waals surface area contributed by atoms with Gasteiger partial charge in [-0.05, 0) is 18.2 Å². The average molecular weight is 351 g/mol. The van der Waals surface area contributed by atoms with Gasteiger partial charge in [-0.25, -0.2) is 17.2 Å². The smallest absolute Gasteiger partial charge is 0.268 e. The first-order valence-corrected chi connectivity index (χ1v) is 8.19. The number of carbonyl (C=O) groups is 1. The van der Waals surface area contributed by atoms with Crippen LogP contribution in [-0.4, -0.2) is 19.3 Å². The van der Waals surface area contributed by atoms with Crippen molar-refractivity contribution in [3.63, 3.8) is 0 Å². The van der Waals surface area contributed by atoms with Crippen LogP contribution in [0.15, 0.2) is 53.6 Å². The van der Waals surface area contributed by atoms with Crippen LogP contribution in [0, 0.1) is 11.6 Å². The molecule has 1 amide bonds. The van der Waals surface area contributed by atoms with Crippen LogP contribution in [0.3, 0.4) is 0 Å². The van der Waals surface area contributed by atoms with Gasteiger partial charge < -0.3 is 4.98 Å². The van der Waals surface area contributed by atoms with Crippen LogP contribution < -0.4 is 10.3 Å². The number of hydrazine groups is 1. The van der Waals surface area contributed by atoms with E-state index in [1.807, 2.05) is 10.3 Å². The largest absolute Gasteiger partial charge is 0.360 e. The molecule has 1 heterocycles. The van der Waals surface area contributed by atoms with Gasteiger partial charge in [0.25, 0.3) is 15.9 Å². The molecular formula is C15H11F2N3O3S. The van der Waals surface area contributed by atoms with Crippen molar-refractivity contribution in [3.05, 3.63) is 65.9 Å². The molecule has 0 fully saturated rings. The number of carbonyl (C=O) groups excluding carboxylic acids is 1. The van der Waals surface area contributed by atoms with Crippen LogP contribution in [0.1, 0.15) is 10.4 Å². The van der Waals surface area contributed by atoms with Gasteiger partial charge >= 0.3 is 0 Å². The Balaban J connectivity index is 1.80. The lowest BCUT2D eigenvalue weighted by Gasteiger charge is -2.08. The number of hydrogen-bond donors (Lipinski definition) is 3. The highest BCUT2D eigenvalue weighted by Gasteiger charge is 2.19. The van der Waals surface area contributed by atoms with Gasteiger partial charge in [-0.3, -0.25) is 10.2 Å². The molecule has 0 spiro atoms. The minimum Gasteiger partial charge on any atom is -0.360 e. The van der Waals surface area contributed by atoms with E-state index in [1.165, 1.54) is 6.20 Å². The number of sulfonamides is 1. The fourth-order valence-electron chi connectivity index (χ4n) is 2.18. The molecule has 0 unspecified atom stereocenters. The molecule has 0 saturated carbocycles. The summed E-state index contributed by atoms with van der Waals surface area (Å²) in [5.74, 6) is -2.80. The first-order valence-electron chi connectivity index (χ1n) is 6.71. The van der Waals surface area contributed by atoms with E-state index in [2.05, 4.69) is 4.98 Å². The molecule has 0 radical (unpaired) electrons. The molecule has 0 aliphatic carbocycles.